The second-order valence-electron chi connectivity index (χ2n) is 3.42. The second-order valence-corrected chi connectivity index (χ2v) is 4.72. The summed E-state index contributed by atoms with van der Waals surface area (Å²) in [5.41, 5.74) is 1.20. The molecule has 1 unspecified atom stereocenters. The Kier molecular flexibility index (Phi) is 2.77. The Hall–Kier alpha value is -0.960. The minimum absolute atomic E-state index is 0.256. The highest BCUT2D eigenvalue weighted by molar-refractivity contribution is 8.00. The Balaban J connectivity index is 2.07. The number of carbonyl (C=O) groups is 1. The van der Waals surface area contributed by atoms with Crippen LogP contribution in [0.5, 0.6) is 0 Å². The van der Waals surface area contributed by atoms with E-state index in [2.05, 4.69) is 19.1 Å². The zero-order chi connectivity index (χ0) is 9.97. The molecule has 1 amide bonds. The van der Waals surface area contributed by atoms with E-state index in [9.17, 15) is 4.79 Å². The Bertz CT molecular complexity index is 325. The monoisotopic (exact) mass is 207 g/mol. The first-order valence-corrected chi connectivity index (χ1v) is 5.77. The number of nitrogens with zero attached hydrogens (tertiary/aromatic N) is 1. The fraction of sp³-hybridized carbons (Fsp3) is 0.364. The van der Waals surface area contributed by atoms with Gasteiger partial charge in [-0.1, -0.05) is 30.3 Å². The zero-order valence-corrected chi connectivity index (χ0v) is 8.96. The molecule has 0 N–H and O–H groups in total. The first-order chi connectivity index (χ1) is 6.77. The summed E-state index contributed by atoms with van der Waals surface area (Å²) in [7, 11) is 0. The molecular weight excluding hydrogens is 194 g/mol. The fourth-order valence-electron chi connectivity index (χ4n) is 1.56. The Morgan fingerprint density at radius 2 is 2.14 bits per heavy atom. The fourth-order valence-corrected chi connectivity index (χ4v) is 2.49. The van der Waals surface area contributed by atoms with Gasteiger partial charge in [-0.15, -0.1) is 11.8 Å². The van der Waals surface area contributed by atoms with Gasteiger partial charge in [0.15, 0.2) is 0 Å². The first kappa shape index (κ1) is 9.59. The van der Waals surface area contributed by atoms with Gasteiger partial charge < -0.3 is 4.90 Å². The predicted molar refractivity (Wildman–Crippen MR) is 58.9 cm³/mol. The average molecular weight is 207 g/mol. The number of benzene rings is 1. The summed E-state index contributed by atoms with van der Waals surface area (Å²) < 4.78 is 0. The van der Waals surface area contributed by atoms with Gasteiger partial charge in [0.2, 0.25) is 5.91 Å². The molecule has 0 radical (unpaired) electrons. The van der Waals surface area contributed by atoms with Gasteiger partial charge in [-0.25, -0.2) is 0 Å². The third-order valence-corrected chi connectivity index (χ3v) is 3.55. The van der Waals surface area contributed by atoms with Crippen LogP contribution in [0.25, 0.3) is 0 Å². The van der Waals surface area contributed by atoms with E-state index < -0.39 is 0 Å². The molecule has 2 rings (SSSR count). The predicted octanol–water partition coefficient (Wildman–Crippen LogP) is 2.11. The molecule has 1 heterocycles. The topological polar surface area (TPSA) is 20.3 Å². The van der Waals surface area contributed by atoms with Gasteiger partial charge in [0.05, 0.1) is 11.1 Å². The second kappa shape index (κ2) is 4.05. The summed E-state index contributed by atoms with van der Waals surface area (Å²) in [5.74, 6) is 0.889. The van der Waals surface area contributed by atoms with Crippen LogP contribution in [0.4, 0.5) is 0 Å². The van der Waals surface area contributed by atoms with E-state index in [0.29, 0.717) is 11.1 Å². The number of carbonyl (C=O) groups excluding carboxylic acids is 1. The van der Waals surface area contributed by atoms with E-state index in [1.165, 1.54) is 5.56 Å². The van der Waals surface area contributed by atoms with Gasteiger partial charge in [-0.05, 0) is 12.5 Å². The van der Waals surface area contributed by atoms with Gasteiger partial charge in [0.25, 0.3) is 0 Å². The average Bonchev–Trinajstić information content (AvgIpc) is 2.51. The molecule has 14 heavy (non-hydrogen) atoms. The summed E-state index contributed by atoms with van der Waals surface area (Å²) in [6.07, 6.45) is 0. The number of hydrogen-bond donors (Lipinski definition) is 0. The van der Waals surface area contributed by atoms with Crippen molar-refractivity contribution >= 4 is 17.7 Å². The molecule has 2 nitrogen and oxygen atoms in total. The molecule has 1 saturated heterocycles. The molecule has 1 aromatic carbocycles. The maximum absolute atomic E-state index is 11.5. The van der Waals surface area contributed by atoms with Crippen molar-refractivity contribution < 1.29 is 4.79 Å². The maximum Gasteiger partial charge on any atom is 0.233 e. The van der Waals surface area contributed by atoms with Crippen LogP contribution in [-0.4, -0.2) is 21.9 Å². The summed E-state index contributed by atoms with van der Waals surface area (Å²) in [6, 6.07) is 10.1. The van der Waals surface area contributed by atoms with E-state index in [1.54, 1.807) is 11.8 Å². The third-order valence-electron chi connectivity index (χ3n) is 2.40. The maximum atomic E-state index is 11.5. The van der Waals surface area contributed by atoms with E-state index >= 15 is 0 Å². The molecule has 1 aliphatic heterocycles. The highest BCUT2D eigenvalue weighted by atomic mass is 32.2. The molecule has 0 aliphatic carbocycles. The van der Waals surface area contributed by atoms with E-state index in [4.69, 9.17) is 0 Å². The Morgan fingerprint density at radius 1 is 1.43 bits per heavy atom. The SMILES string of the molecule is CC1SCC(=O)N1Cc1ccccc1. The minimum Gasteiger partial charge on any atom is -0.326 e. The molecule has 3 heteroatoms. The quantitative estimate of drug-likeness (QED) is 0.740. The molecule has 1 aliphatic rings. The van der Waals surface area contributed by atoms with Crippen molar-refractivity contribution in [2.24, 2.45) is 0 Å². The number of thioether (sulfide) groups is 1. The largest absolute Gasteiger partial charge is 0.326 e. The van der Waals surface area contributed by atoms with E-state index in [1.807, 2.05) is 23.1 Å². The minimum atomic E-state index is 0.256. The van der Waals surface area contributed by atoms with Crippen LogP contribution in [0.1, 0.15) is 12.5 Å². The summed E-state index contributed by atoms with van der Waals surface area (Å²) in [4.78, 5) is 13.4. The van der Waals surface area contributed by atoms with Crippen LogP contribution in [0.2, 0.25) is 0 Å². The Labute approximate surface area is 88.3 Å². The van der Waals surface area contributed by atoms with Gasteiger partial charge in [-0.2, -0.15) is 0 Å². The van der Waals surface area contributed by atoms with Gasteiger partial charge in [-0.3, -0.25) is 4.79 Å². The number of hydrogen-bond acceptors (Lipinski definition) is 2. The molecular formula is C11H13NOS. The van der Waals surface area contributed by atoms with Crippen LogP contribution in [0.3, 0.4) is 0 Å². The van der Waals surface area contributed by atoms with Gasteiger partial charge in [0, 0.05) is 6.54 Å². The normalized spacial score (nSPS) is 21.6. The zero-order valence-electron chi connectivity index (χ0n) is 8.14. The molecule has 1 fully saturated rings. The molecule has 1 aromatic rings. The number of amides is 1. The van der Waals surface area contributed by atoms with E-state index in [0.717, 1.165) is 6.54 Å². The van der Waals surface area contributed by atoms with Crippen LogP contribution in [0, 0.1) is 0 Å². The molecule has 0 aromatic heterocycles. The van der Waals surface area contributed by atoms with Crippen LogP contribution in [0.15, 0.2) is 30.3 Å². The molecule has 0 spiro atoms. The van der Waals surface area contributed by atoms with Crippen molar-refractivity contribution in [1.82, 2.24) is 4.90 Å². The smallest absolute Gasteiger partial charge is 0.233 e. The lowest BCUT2D eigenvalue weighted by Gasteiger charge is -2.20. The van der Waals surface area contributed by atoms with Crippen LogP contribution < -0.4 is 0 Å². The molecule has 1 atom stereocenters. The lowest BCUT2D eigenvalue weighted by atomic mass is 10.2. The van der Waals surface area contributed by atoms with Gasteiger partial charge in [0.1, 0.15) is 0 Å². The standard InChI is InChI=1S/C11H13NOS/c1-9-12(11(13)8-14-9)7-10-5-3-2-4-6-10/h2-6,9H,7-8H2,1H3. The van der Waals surface area contributed by atoms with Crippen molar-refractivity contribution in [3.63, 3.8) is 0 Å². The Morgan fingerprint density at radius 3 is 2.71 bits per heavy atom. The highest BCUT2D eigenvalue weighted by Crippen LogP contribution is 2.25. The summed E-state index contributed by atoms with van der Waals surface area (Å²) >= 11 is 1.71. The summed E-state index contributed by atoms with van der Waals surface area (Å²) in [6.45, 7) is 2.83. The van der Waals surface area contributed by atoms with Crippen LogP contribution >= 0.6 is 11.8 Å². The van der Waals surface area contributed by atoms with Crippen molar-refractivity contribution in [2.75, 3.05) is 5.75 Å². The third kappa shape index (κ3) is 1.93. The lowest BCUT2D eigenvalue weighted by Crippen LogP contribution is -2.30. The lowest BCUT2D eigenvalue weighted by molar-refractivity contribution is -0.128. The van der Waals surface area contributed by atoms with Crippen LogP contribution in [-0.2, 0) is 11.3 Å². The van der Waals surface area contributed by atoms with Crippen molar-refractivity contribution in [1.29, 1.82) is 0 Å². The molecule has 0 bridgehead atoms. The molecule has 74 valence electrons. The summed E-state index contributed by atoms with van der Waals surface area (Å²) in [5, 5.41) is 0.322. The number of rotatable bonds is 2. The van der Waals surface area contributed by atoms with Crippen molar-refractivity contribution in [3.8, 4) is 0 Å². The van der Waals surface area contributed by atoms with E-state index in [-0.39, 0.29) is 5.91 Å². The molecule has 0 saturated carbocycles. The first-order valence-electron chi connectivity index (χ1n) is 4.72. The van der Waals surface area contributed by atoms with Crippen molar-refractivity contribution in [3.05, 3.63) is 35.9 Å². The van der Waals surface area contributed by atoms with Crippen molar-refractivity contribution in [2.45, 2.75) is 18.8 Å². The van der Waals surface area contributed by atoms with Gasteiger partial charge >= 0.3 is 0 Å². The highest BCUT2D eigenvalue weighted by Gasteiger charge is 2.27.